The highest BCUT2D eigenvalue weighted by atomic mass is 16.5. The minimum Gasteiger partial charge on any atom is -0.494 e. The number of esters is 2. The van der Waals surface area contributed by atoms with Crippen molar-refractivity contribution in [2.24, 2.45) is 0 Å². The molecule has 228 valence electrons. The topological polar surface area (TPSA) is 129 Å². The molecule has 3 aromatic carbocycles. The van der Waals surface area contributed by atoms with Crippen LogP contribution in [0.1, 0.15) is 28.8 Å². The molecule has 1 heterocycles. The van der Waals surface area contributed by atoms with Crippen LogP contribution in [0.4, 0.5) is 0 Å². The largest absolute Gasteiger partial charge is 0.494 e. The summed E-state index contributed by atoms with van der Waals surface area (Å²) in [5.41, 5.74) is 3.23. The van der Waals surface area contributed by atoms with Crippen molar-refractivity contribution in [2.75, 3.05) is 33.0 Å². The quantitative estimate of drug-likeness (QED) is 0.0887. The zero-order valence-electron chi connectivity index (χ0n) is 24.3. The lowest BCUT2D eigenvalue weighted by atomic mass is 10.0. The summed E-state index contributed by atoms with van der Waals surface area (Å²) >= 11 is 0. The molecule has 0 unspecified atom stereocenters. The number of aliphatic hydroxyl groups is 1. The van der Waals surface area contributed by atoms with Gasteiger partial charge < -0.3 is 24.1 Å². The summed E-state index contributed by atoms with van der Waals surface area (Å²) in [6, 6.07) is 19.5. The first-order valence-corrected chi connectivity index (χ1v) is 14.0. The Hall–Kier alpha value is -5.22. The third-order valence-electron chi connectivity index (χ3n) is 6.63. The maximum Gasteiger partial charge on any atom is 0.343 e. The van der Waals surface area contributed by atoms with E-state index in [1.807, 2.05) is 37.3 Å². The van der Waals surface area contributed by atoms with Crippen LogP contribution in [0.5, 0.6) is 17.2 Å². The lowest BCUT2D eigenvalue weighted by Crippen LogP contribution is -2.31. The van der Waals surface area contributed by atoms with E-state index in [9.17, 15) is 19.2 Å². The lowest BCUT2D eigenvalue weighted by molar-refractivity contribution is -0.140. The minimum atomic E-state index is -0.639. The van der Waals surface area contributed by atoms with Crippen molar-refractivity contribution in [3.8, 4) is 28.4 Å². The second-order valence-electron chi connectivity index (χ2n) is 9.88. The Morgan fingerprint density at radius 1 is 0.795 bits per heavy atom. The van der Waals surface area contributed by atoms with Gasteiger partial charge >= 0.3 is 11.9 Å². The molecule has 0 spiro atoms. The standard InChI is InChI=1S/C34H33NO9/c1-23-21-29(44-34(40)26-7-11-28(12-8-26)42-19-4-20-43-33(39)24(2)22-36)13-14-30(23)25-5-9-27(10-6-25)41-18-3-17-35-31(37)15-16-32(35)38/h5-16,21,36H,2-4,17-20,22H2,1H3. The van der Waals surface area contributed by atoms with Crippen molar-refractivity contribution in [2.45, 2.75) is 19.8 Å². The van der Waals surface area contributed by atoms with Crippen LogP contribution in [0.3, 0.4) is 0 Å². The molecule has 3 aromatic rings. The Labute approximate surface area is 255 Å². The fourth-order valence-electron chi connectivity index (χ4n) is 4.25. The number of nitrogens with zero attached hydrogens (tertiary/aromatic N) is 1. The minimum absolute atomic E-state index is 0.00258. The highest BCUT2D eigenvalue weighted by molar-refractivity contribution is 6.12. The first-order chi connectivity index (χ1) is 21.2. The number of aryl methyl sites for hydroxylation is 1. The highest BCUT2D eigenvalue weighted by Gasteiger charge is 2.22. The van der Waals surface area contributed by atoms with Gasteiger partial charge in [-0.15, -0.1) is 0 Å². The van der Waals surface area contributed by atoms with E-state index in [-0.39, 0.29) is 24.0 Å². The van der Waals surface area contributed by atoms with Crippen LogP contribution in [0.2, 0.25) is 0 Å². The fourth-order valence-corrected chi connectivity index (χ4v) is 4.25. The average Bonchev–Trinajstić information content (AvgIpc) is 3.35. The molecule has 10 heteroatoms. The first-order valence-electron chi connectivity index (χ1n) is 14.0. The van der Waals surface area contributed by atoms with Gasteiger partial charge in [-0.2, -0.15) is 0 Å². The molecule has 0 fully saturated rings. The van der Waals surface area contributed by atoms with Crippen LogP contribution in [-0.2, 0) is 19.1 Å². The van der Waals surface area contributed by atoms with Crippen LogP contribution in [0.25, 0.3) is 11.1 Å². The summed E-state index contributed by atoms with van der Waals surface area (Å²) in [4.78, 5) is 48.5. The average molecular weight is 600 g/mol. The van der Waals surface area contributed by atoms with Crippen LogP contribution < -0.4 is 14.2 Å². The number of imide groups is 1. The Bertz CT molecular complexity index is 1520. The number of hydrogen-bond donors (Lipinski definition) is 1. The normalized spacial score (nSPS) is 12.3. The predicted octanol–water partition coefficient (Wildman–Crippen LogP) is 4.44. The summed E-state index contributed by atoms with van der Waals surface area (Å²) in [7, 11) is 0. The van der Waals surface area contributed by atoms with E-state index in [2.05, 4.69) is 6.58 Å². The van der Waals surface area contributed by atoms with Crippen molar-refractivity contribution < 1.29 is 43.2 Å². The summed E-state index contributed by atoms with van der Waals surface area (Å²) in [5, 5.41) is 8.86. The molecule has 10 nitrogen and oxygen atoms in total. The fraction of sp³-hybridized carbons (Fsp3) is 0.235. The SMILES string of the molecule is C=C(CO)C(=O)OCCCOc1ccc(C(=O)Oc2ccc(-c3ccc(OCCCN4C(=O)C=CC4=O)cc3)c(C)c2)cc1. The molecule has 4 rings (SSSR count). The first kappa shape index (κ1) is 31.7. The smallest absolute Gasteiger partial charge is 0.343 e. The zero-order chi connectivity index (χ0) is 31.5. The van der Waals surface area contributed by atoms with Gasteiger partial charge in [-0.3, -0.25) is 14.5 Å². The number of amides is 2. The van der Waals surface area contributed by atoms with Crippen LogP contribution in [0, 0.1) is 6.92 Å². The number of hydrogen-bond acceptors (Lipinski definition) is 9. The summed E-state index contributed by atoms with van der Waals surface area (Å²) < 4.78 is 21.9. The van der Waals surface area contributed by atoms with Gasteiger partial charge in [-0.25, -0.2) is 9.59 Å². The maximum atomic E-state index is 12.7. The van der Waals surface area contributed by atoms with Gasteiger partial charge in [0.2, 0.25) is 0 Å². The van der Waals surface area contributed by atoms with Crippen LogP contribution in [0.15, 0.2) is 91.0 Å². The highest BCUT2D eigenvalue weighted by Crippen LogP contribution is 2.29. The third kappa shape index (κ3) is 8.65. The maximum absolute atomic E-state index is 12.7. The van der Waals surface area contributed by atoms with Gasteiger partial charge in [0.1, 0.15) is 17.2 Å². The Balaban J connectivity index is 1.22. The molecular weight excluding hydrogens is 566 g/mol. The number of carbonyl (C=O) groups excluding carboxylic acids is 4. The van der Waals surface area contributed by atoms with Crippen molar-refractivity contribution in [3.05, 3.63) is 102 Å². The summed E-state index contributed by atoms with van der Waals surface area (Å²) in [6.07, 6.45) is 3.52. The van der Waals surface area contributed by atoms with Crippen molar-refractivity contribution in [1.29, 1.82) is 0 Å². The number of aliphatic hydroxyl groups excluding tert-OH is 1. The Morgan fingerprint density at radius 2 is 1.39 bits per heavy atom. The second kappa shape index (κ2) is 15.3. The second-order valence-corrected chi connectivity index (χ2v) is 9.88. The molecule has 0 atom stereocenters. The zero-order valence-corrected chi connectivity index (χ0v) is 24.3. The van der Waals surface area contributed by atoms with Gasteiger partial charge in [0.15, 0.2) is 0 Å². The lowest BCUT2D eigenvalue weighted by Gasteiger charge is -2.14. The third-order valence-corrected chi connectivity index (χ3v) is 6.63. The molecule has 2 amide bonds. The molecule has 1 aliphatic heterocycles. The van der Waals surface area contributed by atoms with Gasteiger partial charge in [0.05, 0.1) is 37.6 Å². The number of carbonyl (C=O) groups is 4. The molecular formula is C34H33NO9. The molecule has 44 heavy (non-hydrogen) atoms. The molecule has 0 saturated heterocycles. The summed E-state index contributed by atoms with van der Waals surface area (Å²) in [5.74, 6) is -0.0882. The number of benzene rings is 3. The Morgan fingerprint density at radius 3 is 2.00 bits per heavy atom. The summed E-state index contributed by atoms with van der Waals surface area (Å²) in [6.45, 7) is 6.00. The Kier molecular flexibility index (Phi) is 11.0. The number of rotatable bonds is 15. The van der Waals surface area contributed by atoms with E-state index >= 15 is 0 Å². The molecule has 1 N–H and O–H groups in total. The predicted molar refractivity (Wildman–Crippen MR) is 161 cm³/mol. The monoisotopic (exact) mass is 599 g/mol. The molecule has 0 bridgehead atoms. The van der Waals surface area contributed by atoms with Crippen molar-refractivity contribution in [3.63, 3.8) is 0 Å². The van der Waals surface area contributed by atoms with Gasteiger partial charge in [0.25, 0.3) is 11.8 Å². The van der Waals surface area contributed by atoms with Crippen LogP contribution >= 0.6 is 0 Å². The molecule has 0 aromatic heterocycles. The van der Waals surface area contributed by atoms with E-state index in [4.69, 9.17) is 24.1 Å². The van der Waals surface area contributed by atoms with E-state index in [0.29, 0.717) is 55.4 Å². The van der Waals surface area contributed by atoms with Gasteiger partial charge in [0, 0.05) is 25.1 Å². The number of ether oxygens (including phenoxy) is 4. The van der Waals surface area contributed by atoms with Crippen molar-refractivity contribution >= 4 is 23.8 Å². The molecule has 0 radical (unpaired) electrons. The van der Waals surface area contributed by atoms with Crippen molar-refractivity contribution in [1.82, 2.24) is 4.90 Å². The van der Waals surface area contributed by atoms with Gasteiger partial charge in [-0.1, -0.05) is 24.8 Å². The molecule has 0 saturated carbocycles. The van der Waals surface area contributed by atoms with E-state index in [0.717, 1.165) is 16.7 Å². The van der Waals surface area contributed by atoms with Gasteiger partial charge in [-0.05, 0) is 78.6 Å². The van der Waals surface area contributed by atoms with Crippen LogP contribution in [-0.4, -0.2) is 66.7 Å². The molecule has 1 aliphatic rings. The van der Waals surface area contributed by atoms with E-state index < -0.39 is 18.5 Å². The molecule has 0 aliphatic carbocycles. The van der Waals surface area contributed by atoms with E-state index in [1.54, 1.807) is 36.4 Å². The van der Waals surface area contributed by atoms with E-state index in [1.165, 1.54) is 17.1 Å².